The molecule has 0 saturated carbocycles. The molecule has 0 aromatic heterocycles. The number of hydrogen-bond acceptors (Lipinski definition) is 4. The molecule has 19 heavy (non-hydrogen) atoms. The van der Waals surface area contributed by atoms with Crippen LogP contribution in [0, 0.1) is 0 Å². The highest BCUT2D eigenvalue weighted by atomic mass is 35.5. The molecule has 1 atom stereocenters. The van der Waals surface area contributed by atoms with E-state index in [4.69, 9.17) is 26.2 Å². The van der Waals surface area contributed by atoms with Crippen molar-refractivity contribution in [2.45, 2.75) is 13.0 Å². The molecule has 0 fully saturated rings. The van der Waals surface area contributed by atoms with Crippen LogP contribution in [0.1, 0.15) is 6.92 Å². The Balaban J connectivity index is 2.53. The molecule has 0 saturated heterocycles. The third kappa shape index (κ3) is 4.76. The van der Waals surface area contributed by atoms with E-state index in [9.17, 15) is 9.59 Å². The SMILES string of the molecule is COc1ccc(NC(=O)CO[C@H](C)C(=O)O)cc1Cl. The van der Waals surface area contributed by atoms with Crippen LogP contribution in [-0.4, -0.2) is 36.8 Å². The molecule has 0 aliphatic carbocycles. The highest BCUT2D eigenvalue weighted by Crippen LogP contribution is 2.27. The highest BCUT2D eigenvalue weighted by molar-refractivity contribution is 6.32. The summed E-state index contributed by atoms with van der Waals surface area (Å²) in [6.07, 6.45) is -1.04. The van der Waals surface area contributed by atoms with Gasteiger partial charge in [-0.1, -0.05) is 11.6 Å². The van der Waals surface area contributed by atoms with E-state index in [2.05, 4.69) is 5.32 Å². The van der Waals surface area contributed by atoms with Crippen molar-refractivity contribution < 1.29 is 24.2 Å². The molecule has 0 bridgehead atoms. The number of anilines is 1. The van der Waals surface area contributed by atoms with Crippen LogP contribution in [0.25, 0.3) is 0 Å². The van der Waals surface area contributed by atoms with Crippen molar-refractivity contribution in [2.75, 3.05) is 19.0 Å². The molecule has 7 heteroatoms. The van der Waals surface area contributed by atoms with Crippen molar-refractivity contribution in [3.05, 3.63) is 23.2 Å². The lowest BCUT2D eigenvalue weighted by Gasteiger charge is -2.10. The van der Waals surface area contributed by atoms with Crippen LogP contribution in [0.5, 0.6) is 5.75 Å². The van der Waals surface area contributed by atoms with Crippen molar-refractivity contribution in [1.82, 2.24) is 0 Å². The fourth-order valence-corrected chi connectivity index (χ4v) is 1.47. The summed E-state index contributed by atoms with van der Waals surface area (Å²) in [7, 11) is 1.49. The van der Waals surface area contributed by atoms with Crippen LogP contribution < -0.4 is 10.1 Å². The van der Waals surface area contributed by atoms with Crippen LogP contribution in [0.2, 0.25) is 5.02 Å². The molecule has 0 aliphatic rings. The number of carboxylic acid groups (broad SMARTS) is 1. The molecule has 0 radical (unpaired) electrons. The van der Waals surface area contributed by atoms with E-state index >= 15 is 0 Å². The van der Waals surface area contributed by atoms with Crippen LogP contribution in [0.4, 0.5) is 5.69 Å². The summed E-state index contributed by atoms with van der Waals surface area (Å²) in [4.78, 5) is 22.0. The third-order valence-corrected chi connectivity index (χ3v) is 2.54. The van der Waals surface area contributed by atoms with Crippen LogP contribution >= 0.6 is 11.6 Å². The predicted octanol–water partition coefficient (Wildman–Crippen LogP) is 1.78. The smallest absolute Gasteiger partial charge is 0.332 e. The summed E-state index contributed by atoms with van der Waals surface area (Å²) < 4.78 is 9.82. The van der Waals surface area contributed by atoms with Gasteiger partial charge in [-0.2, -0.15) is 0 Å². The lowest BCUT2D eigenvalue weighted by Crippen LogP contribution is -2.26. The van der Waals surface area contributed by atoms with Crippen molar-refractivity contribution in [3.63, 3.8) is 0 Å². The number of benzene rings is 1. The maximum atomic E-state index is 11.5. The molecule has 1 amide bonds. The zero-order valence-corrected chi connectivity index (χ0v) is 11.2. The monoisotopic (exact) mass is 287 g/mol. The molecule has 6 nitrogen and oxygen atoms in total. The minimum Gasteiger partial charge on any atom is -0.495 e. The Hall–Kier alpha value is -1.79. The van der Waals surface area contributed by atoms with Gasteiger partial charge in [0.25, 0.3) is 0 Å². The third-order valence-electron chi connectivity index (χ3n) is 2.25. The second-order valence-corrected chi connectivity index (χ2v) is 4.10. The largest absolute Gasteiger partial charge is 0.495 e. The molecule has 0 aliphatic heterocycles. The summed E-state index contributed by atoms with van der Waals surface area (Å²) in [5.41, 5.74) is 0.474. The number of ether oxygens (including phenoxy) is 2. The van der Waals surface area contributed by atoms with Gasteiger partial charge in [0.1, 0.15) is 12.4 Å². The summed E-state index contributed by atoms with van der Waals surface area (Å²) in [5, 5.41) is 11.5. The van der Waals surface area contributed by atoms with E-state index in [0.717, 1.165) is 0 Å². The number of amides is 1. The van der Waals surface area contributed by atoms with Gasteiger partial charge in [-0.05, 0) is 25.1 Å². The molecule has 0 unspecified atom stereocenters. The minimum absolute atomic E-state index is 0.350. The van der Waals surface area contributed by atoms with Crippen LogP contribution in [-0.2, 0) is 14.3 Å². The van der Waals surface area contributed by atoms with E-state index < -0.39 is 18.0 Å². The van der Waals surface area contributed by atoms with Crippen molar-refractivity contribution in [3.8, 4) is 5.75 Å². The topological polar surface area (TPSA) is 84.9 Å². The van der Waals surface area contributed by atoms with E-state index in [0.29, 0.717) is 16.5 Å². The lowest BCUT2D eigenvalue weighted by molar-refractivity contribution is -0.150. The quantitative estimate of drug-likeness (QED) is 0.833. The summed E-state index contributed by atoms with van der Waals surface area (Å²) in [5.74, 6) is -1.09. The number of rotatable bonds is 6. The van der Waals surface area contributed by atoms with Gasteiger partial charge in [-0.3, -0.25) is 4.79 Å². The molecular weight excluding hydrogens is 274 g/mol. The summed E-state index contributed by atoms with van der Waals surface area (Å²) in [6, 6.07) is 4.75. The fourth-order valence-electron chi connectivity index (χ4n) is 1.21. The number of nitrogens with one attached hydrogen (secondary N) is 1. The molecule has 1 aromatic rings. The van der Waals surface area contributed by atoms with Crippen molar-refractivity contribution in [2.24, 2.45) is 0 Å². The Bertz CT molecular complexity index is 477. The van der Waals surface area contributed by atoms with Gasteiger partial charge in [0.2, 0.25) is 5.91 Å². The summed E-state index contributed by atoms with van der Waals surface area (Å²) >= 11 is 5.90. The lowest BCUT2D eigenvalue weighted by atomic mass is 10.3. The maximum Gasteiger partial charge on any atom is 0.332 e. The average Bonchev–Trinajstić information content (AvgIpc) is 2.36. The molecule has 0 heterocycles. The van der Waals surface area contributed by atoms with Gasteiger partial charge in [-0.15, -0.1) is 0 Å². The average molecular weight is 288 g/mol. The minimum atomic E-state index is -1.12. The summed E-state index contributed by atoms with van der Waals surface area (Å²) in [6.45, 7) is 0.997. The Morgan fingerprint density at radius 2 is 2.16 bits per heavy atom. The van der Waals surface area contributed by atoms with Gasteiger partial charge < -0.3 is 19.9 Å². The van der Waals surface area contributed by atoms with Crippen LogP contribution in [0.3, 0.4) is 0 Å². The van der Waals surface area contributed by atoms with Gasteiger partial charge in [0, 0.05) is 5.69 Å². The number of aliphatic carboxylic acids is 1. The Kier molecular flexibility index (Phi) is 5.59. The first-order chi connectivity index (χ1) is 8.93. The zero-order valence-electron chi connectivity index (χ0n) is 10.5. The van der Waals surface area contributed by atoms with E-state index in [1.165, 1.54) is 20.1 Å². The number of hydrogen-bond donors (Lipinski definition) is 2. The molecule has 0 spiro atoms. The predicted molar refractivity (Wildman–Crippen MR) is 69.7 cm³/mol. The van der Waals surface area contributed by atoms with Crippen molar-refractivity contribution >= 4 is 29.2 Å². The zero-order chi connectivity index (χ0) is 14.4. The number of carboxylic acids is 1. The standard InChI is InChI=1S/C12H14ClNO5/c1-7(12(16)17)19-6-11(15)14-8-3-4-10(18-2)9(13)5-8/h3-5,7H,6H2,1-2H3,(H,14,15)(H,16,17)/t7-/m1/s1. The number of carbonyl (C=O) groups is 2. The van der Waals surface area contributed by atoms with Gasteiger partial charge >= 0.3 is 5.97 Å². The second kappa shape index (κ2) is 6.96. The number of methoxy groups -OCH3 is 1. The normalized spacial score (nSPS) is 11.7. The molecule has 2 N–H and O–H groups in total. The second-order valence-electron chi connectivity index (χ2n) is 3.69. The van der Waals surface area contributed by atoms with E-state index in [1.807, 2.05) is 0 Å². The Morgan fingerprint density at radius 1 is 1.47 bits per heavy atom. The van der Waals surface area contributed by atoms with Gasteiger partial charge in [-0.25, -0.2) is 4.79 Å². The molecular formula is C12H14ClNO5. The van der Waals surface area contributed by atoms with Gasteiger partial charge in [0.15, 0.2) is 6.10 Å². The Morgan fingerprint density at radius 3 is 2.68 bits per heavy atom. The van der Waals surface area contributed by atoms with E-state index in [1.54, 1.807) is 12.1 Å². The van der Waals surface area contributed by atoms with Crippen LogP contribution in [0.15, 0.2) is 18.2 Å². The maximum absolute atomic E-state index is 11.5. The molecule has 104 valence electrons. The first kappa shape index (κ1) is 15.3. The Labute approximate surface area is 115 Å². The molecule has 1 aromatic carbocycles. The highest BCUT2D eigenvalue weighted by Gasteiger charge is 2.13. The first-order valence-corrected chi connectivity index (χ1v) is 5.79. The first-order valence-electron chi connectivity index (χ1n) is 5.42. The van der Waals surface area contributed by atoms with Gasteiger partial charge in [0.05, 0.1) is 12.1 Å². The fraction of sp³-hybridized carbons (Fsp3) is 0.333. The number of carbonyl (C=O) groups excluding carboxylic acids is 1. The van der Waals surface area contributed by atoms with E-state index in [-0.39, 0.29) is 6.61 Å². The molecule has 1 rings (SSSR count). The van der Waals surface area contributed by atoms with Crippen molar-refractivity contribution in [1.29, 1.82) is 0 Å². The number of halogens is 1.